The fourth-order valence-corrected chi connectivity index (χ4v) is 2.53. The standard InChI is InChI=1S/C14H18FN3O3/c1-16-7-5-10(6-8-16)17(2)14(19)12-9-11(18(20)21)3-4-13(12)15/h3-4,9-10H,5-8H2,1-2H3. The van der Waals surface area contributed by atoms with Gasteiger partial charge in [-0.25, -0.2) is 4.39 Å². The Morgan fingerprint density at radius 2 is 2.05 bits per heavy atom. The predicted octanol–water partition coefficient (Wildman–Crippen LogP) is 1.90. The molecule has 0 aromatic heterocycles. The molecule has 1 heterocycles. The zero-order valence-corrected chi connectivity index (χ0v) is 12.1. The fraction of sp³-hybridized carbons (Fsp3) is 0.500. The van der Waals surface area contributed by atoms with Gasteiger partial charge in [0.1, 0.15) is 5.82 Å². The quantitative estimate of drug-likeness (QED) is 0.631. The molecule has 114 valence electrons. The minimum absolute atomic E-state index is 0.0346. The Bertz CT molecular complexity index is 556. The summed E-state index contributed by atoms with van der Waals surface area (Å²) in [4.78, 5) is 26.1. The molecule has 1 aliphatic rings. The Balaban J connectivity index is 2.19. The number of halogens is 1. The second-order valence-corrected chi connectivity index (χ2v) is 5.37. The van der Waals surface area contributed by atoms with Crippen molar-refractivity contribution in [2.24, 2.45) is 0 Å². The lowest BCUT2D eigenvalue weighted by molar-refractivity contribution is -0.384. The van der Waals surface area contributed by atoms with Crippen molar-refractivity contribution < 1.29 is 14.1 Å². The summed E-state index contributed by atoms with van der Waals surface area (Å²) in [6.07, 6.45) is 1.63. The van der Waals surface area contributed by atoms with E-state index in [4.69, 9.17) is 0 Å². The second kappa shape index (κ2) is 6.17. The van der Waals surface area contributed by atoms with Crippen LogP contribution in [0.1, 0.15) is 23.2 Å². The van der Waals surface area contributed by atoms with Crippen LogP contribution < -0.4 is 0 Å². The number of benzene rings is 1. The third kappa shape index (κ3) is 3.36. The summed E-state index contributed by atoms with van der Waals surface area (Å²) in [5.74, 6) is -1.24. The summed E-state index contributed by atoms with van der Waals surface area (Å²) in [5, 5.41) is 10.7. The van der Waals surface area contributed by atoms with Gasteiger partial charge in [0.25, 0.3) is 11.6 Å². The van der Waals surface area contributed by atoms with Gasteiger partial charge in [-0.15, -0.1) is 0 Å². The molecule has 0 unspecified atom stereocenters. The molecule has 1 aliphatic heterocycles. The number of amides is 1. The molecule has 21 heavy (non-hydrogen) atoms. The van der Waals surface area contributed by atoms with Gasteiger partial charge in [-0.05, 0) is 39.0 Å². The summed E-state index contributed by atoms with van der Waals surface area (Å²) < 4.78 is 13.8. The van der Waals surface area contributed by atoms with Gasteiger partial charge in [0.15, 0.2) is 0 Å². The molecule has 0 saturated carbocycles. The van der Waals surface area contributed by atoms with Gasteiger partial charge in [-0.1, -0.05) is 0 Å². The smallest absolute Gasteiger partial charge is 0.270 e. The molecule has 7 heteroatoms. The van der Waals surface area contributed by atoms with E-state index in [0.29, 0.717) is 0 Å². The Morgan fingerprint density at radius 1 is 1.43 bits per heavy atom. The zero-order valence-electron chi connectivity index (χ0n) is 12.1. The maximum Gasteiger partial charge on any atom is 0.270 e. The van der Waals surface area contributed by atoms with Gasteiger partial charge in [-0.3, -0.25) is 14.9 Å². The second-order valence-electron chi connectivity index (χ2n) is 5.37. The molecule has 1 fully saturated rings. The van der Waals surface area contributed by atoms with Crippen molar-refractivity contribution in [1.82, 2.24) is 9.80 Å². The molecule has 6 nitrogen and oxygen atoms in total. The van der Waals surface area contributed by atoms with E-state index >= 15 is 0 Å². The Morgan fingerprint density at radius 3 is 2.62 bits per heavy atom. The molecule has 2 rings (SSSR count). The largest absolute Gasteiger partial charge is 0.339 e. The van der Waals surface area contributed by atoms with Crippen molar-refractivity contribution in [3.05, 3.63) is 39.7 Å². The molecule has 1 amide bonds. The number of nitrogens with zero attached hydrogens (tertiary/aromatic N) is 3. The molecule has 0 aliphatic carbocycles. The van der Waals surface area contributed by atoms with Crippen LogP contribution in [0.2, 0.25) is 0 Å². The van der Waals surface area contributed by atoms with Crippen LogP contribution in [0.5, 0.6) is 0 Å². The number of hydrogen-bond acceptors (Lipinski definition) is 4. The highest BCUT2D eigenvalue weighted by atomic mass is 19.1. The molecular weight excluding hydrogens is 277 g/mol. The van der Waals surface area contributed by atoms with Gasteiger partial charge in [0, 0.05) is 25.2 Å². The summed E-state index contributed by atoms with van der Waals surface area (Å²) in [7, 11) is 3.63. The molecule has 1 aromatic carbocycles. The Hall–Kier alpha value is -2.02. The van der Waals surface area contributed by atoms with Crippen LogP contribution in [0.3, 0.4) is 0 Å². The van der Waals surface area contributed by atoms with Gasteiger partial charge < -0.3 is 9.80 Å². The number of piperidine rings is 1. The van der Waals surface area contributed by atoms with Crippen LogP contribution in [0.15, 0.2) is 18.2 Å². The first kappa shape index (κ1) is 15.4. The maximum atomic E-state index is 13.8. The lowest BCUT2D eigenvalue weighted by Crippen LogP contribution is -2.44. The Kier molecular flexibility index (Phi) is 4.52. The van der Waals surface area contributed by atoms with Gasteiger partial charge in [-0.2, -0.15) is 0 Å². The summed E-state index contributed by atoms with van der Waals surface area (Å²) in [5.41, 5.74) is -0.526. The number of carbonyl (C=O) groups excluding carboxylic acids is 1. The first-order chi connectivity index (χ1) is 9.90. The molecule has 0 atom stereocenters. The van der Waals surface area contributed by atoms with Crippen LogP contribution in [0, 0.1) is 15.9 Å². The van der Waals surface area contributed by atoms with E-state index in [0.717, 1.165) is 44.1 Å². The van der Waals surface area contributed by atoms with Crippen molar-refractivity contribution in [1.29, 1.82) is 0 Å². The van der Waals surface area contributed by atoms with Crippen molar-refractivity contribution >= 4 is 11.6 Å². The van der Waals surface area contributed by atoms with Gasteiger partial charge in [0.05, 0.1) is 10.5 Å². The van der Waals surface area contributed by atoms with Gasteiger partial charge >= 0.3 is 0 Å². The van der Waals surface area contributed by atoms with E-state index in [2.05, 4.69) is 4.90 Å². The van der Waals surface area contributed by atoms with Crippen LogP contribution in [0.25, 0.3) is 0 Å². The van der Waals surface area contributed by atoms with Crippen LogP contribution in [-0.4, -0.2) is 53.9 Å². The number of carbonyl (C=O) groups is 1. The van der Waals surface area contributed by atoms with Crippen molar-refractivity contribution in [3.63, 3.8) is 0 Å². The maximum absolute atomic E-state index is 13.8. The number of non-ortho nitro benzene ring substituents is 1. The lowest BCUT2D eigenvalue weighted by atomic mass is 10.0. The topological polar surface area (TPSA) is 66.7 Å². The van der Waals surface area contributed by atoms with E-state index in [-0.39, 0.29) is 17.3 Å². The van der Waals surface area contributed by atoms with Crippen LogP contribution in [0.4, 0.5) is 10.1 Å². The first-order valence-electron chi connectivity index (χ1n) is 6.80. The van der Waals surface area contributed by atoms with E-state index < -0.39 is 16.6 Å². The molecular formula is C14H18FN3O3. The van der Waals surface area contributed by atoms with E-state index in [9.17, 15) is 19.3 Å². The minimum Gasteiger partial charge on any atom is -0.339 e. The zero-order chi connectivity index (χ0) is 15.6. The van der Waals surface area contributed by atoms with E-state index in [1.54, 1.807) is 7.05 Å². The highest BCUT2D eigenvalue weighted by Gasteiger charge is 2.27. The number of nitro groups is 1. The molecule has 0 radical (unpaired) electrons. The van der Waals surface area contributed by atoms with Crippen molar-refractivity contribution in [2.45, 2.75) is 18.9 Å². The summed E-state index contributed by atoms with van der Waals surface area (Å²) >= 11 is 0. The fourth-order valence-electron chi connectivity index (χ4n) is 2.53. The number of hydrogen-bond donors (Lipinski definition) is 0. The predicted molar refractivity (Wildman–Crippen MR) is 75.7 cm³/mol. The minimum atomic E-state index is -0.731. The van der Waals surface area contributed by atoms with Crippen molar-refractivity contribution in [2.75, 3.05) is 27.2 Å². The molecule has 1 aromatic rings. The molecule has 0 spiro atoms. The molecule has 0 N–H and O–H groups in total. The number of nitro benzene ring substituents is 1. The lowest BCUT2D eigenvalue weighted by Gasteiger charge is -2.35. The first-order valence-corrected chi connectivity index (χ1v) is 6.80. The Labute approximate surface area is 122 Å². The van der Waals surface area contributed by atoms with Crippen LogP contribution in [-0.2, 0) is 0 Å². The third-order valence-corrected chi connectivity index (χ3v) is 3.95. The third-order valence-electron chi connectivity index (χ3n) is 3.95. The number of rotatable bonds is 3. The van der Waals surface area contributed by atoms with Gasteiger partial charge in [0.2, 0.25) is 0 Å². The van der Waals surface area contributed by atoms with E-state index in [1.165, 1.54) is 4.90 Å². The highest BCUT2D eigenvalue weighted by Crippen LogP contribution is 2.21. The molecule has 0 bridgehead atoms. The SMILES string of the molecule is CN1CCC(N(C)C(=O)c2cc([N+](=O)[O-])ccc2F)CC1. The molecule has 1 saturated heterocycles. The normalized spacial score (nSPS) is 16.7. The average molecular weight is 295 g/mol. The number of likely N-dealkylation sites (tertiary alicyclic amines) is 1. The monoisotopic (exact) mass is 295 g/mol. The van der Waals surface area contributed by atoms with Crippen LogP contribution >= 0.6 is 0 Å². The summed E-state index contributed by atoms with van der Waals surface area (Å²) in [6.45, 7) is 1.75. The summed E-state index contributed by atoms with van der Waals surface area (Å²) in [6, 6.07) is 3.06. The highest BCUT2D eigenvalue weighted by molar-refractivity contribution is 5.95. The van der Waals surface area contributed by atoms with E-state index in [1.807, 2.05) is 7.05 Å². The average Bonchev–Trinajstić information content (AvgIpc) is 2.47. The van der Waals surface area contributed by atoms with Crippen molar-refractivity contribution in [3.8, 4) is 0 Å².